The van der Waals surface area contributed by atoms with Crippen LogP contribution in [-0.4, -0.2) is 101 Å². The minimum absolute atomic E-state index is 0.233. The maximum absolute atomic E-state index is 14.4. The van der Waals surface area contributed by atoms with Crippen LogP contribution in [-0.2, 0) is 28.7 Å². The van der Waals surface area contributed by atoms with Crippen LogP contribution in [0.15, 0.2) is 60.7 Å². The van der Waals surface area contributed by atoms with Crippen LogP contribution in [0.5, 0.6) is 0 Å². The molecule has 0 aromatic heterocycles. The van der Waals surface area contributed by atoms with Crippen molar-refractivity contribution in [3.63, 3.8) is 0 Å². The van der Waals surface area contributed by atoms with Gasteiger partial charge in [-0.05, 0) is 153 Å². The summed E-state index contributed by atoms with van der Waals surface area (Å²) < 4.78 is 13.3. The first kappa shape index (κ1) is 42.7. The predicted octanol–water partition coefficient (Wildman–Crippen LogP) is 7.26. The van der Waals surface area contributed by atoms with E-state index in [0.29, 0.717) is 52.0 Å². The molecule has 0 bridgehead atoms. The summed E-state index contributed by atoms with van der Waals surface area (Å²) in [5.41, 5.74) is 6.83. The lowest BCUT2D eigenvalue weighted by molar-refractivity contribution is -0.209. The highest BCUT2D eigenvalue weighted by Crippen LogP contribution is 2.64. The van der Waals surface area contributed by atoms with E-state index in [1.54, 1.807) is 0 Å². The average Bonchev–Trinajstić information content (AvgIpc) is 3.63. The largest absolute Gasteiger partial charge is 0.450 e. The van der Waals surface area contributed by atoms with Crippen molar-refractivity contribution >= 4 is 11.9 Å². The summed E-state index contributed by atoms with van der Waals surface area (Å²) in [6.45, 7) is 9.11. The molecule has 0 aliphatic heterocycles. The Balaban J connectivity index is 1.18. The van der Waals surface area contributed by atoms with E-state index < -0.39 is 23.1 Å². The van der Waals surface area contributed by atoms with Crippen molar-refractivity contribution in [1.82, 2.24) is 20.8 Å². The summed E-state index contributed by atoms with van der Waals surface area (Å²) in [6, 6.07) is 21.1. The molecule has 0 saturated heterocycles. The fraction of sp³-hybridized carbons (Fsp3) is 0.696. The van der Waals surface area contributed by atoms with E-state index in [2.05, 4.69) is 111 Å². The second kappa shape index (κ2) is 18.8. The Morgan fingerprint density at radius 1 is 0.607 bits per heavy atom. The molecule has 4 aliphatic carbocycles. The molecule has 2 N–H and O–H groups in total. The summed E-state index contributed by atoms with van der Waals surface area (Å²) in [4.78, 5) is 44.8. The van der Waals surface area contributed by atoms with Crippen molar-refractivity contribution in [1.29, 1.82) is 0 Å². The van der Waals surface area contributed by atoms with Crippen LogP contribution in [0.4, 0.5) is 0 Å². The van der Waals surface area contributed by atoms with Gasteiger partial charge in [-0.15, -0.1) is 0 Å². The number of nitrogens with one attached hydrogen (secondary N) is 2. The van der Waals surface area contributed by atoms with Crippen molar-refractivity contribution in [3.8, 4) is 0 Å². The van der Waals surface area contributed by atoms with Gasteiger partial charge in [-0.1, -0.05) is 74.5 Å². The maximum Gasteiger partial charge on any atom is 0.418 e. The lowest BCUT2D eigenvalue weighted by Gasteiger charge is -2.52. The zero-order valence-corrected chi connectivity index (χ0v) is 35.2. The third-order valence-electron chi connectivity index (χ3n) is 14.7. The van der Waals surface area contributed by atoms with Gasteiger partial charge in [0, 0.05) is 23.9 Å². The van der Waals surface area contributed by atoms with Crippen LogP contribution in [0.2, 0.25) is 0 Å². The summed E-state index contributed by atoms with van der Waals surface area (Å²) >= 11 is 0. The number of hydroxylamine groups is 2. The number of hydrogen-bond acceptors (Lipinski definition) is 10. The molecular weight excluding hydrogens is 705 g/mol. The van der Waals surface area contributed by atoms with Gasteiger partial charge in [0.2, 0.25) is 0 Å². The van der Waals surface area contributed by atoms with Gasteiger partial charge in [-0.25, -0.2) is 20.5 Å². The molecule has 0 spiro atoms. The molecule has 2 aromatic rings. The van der Waals surface area contributed by atoms with E-state index in [1.807, 2.05) is 12.1 Å². The molecule has 10 heteroatoms. The van der Waals surface area contributed by atoms with Crippen LogP contribution in [0.3, 0.4) is 0 Å². The third kappa shape index (κ3) is 9.37. The van der Waals surface area contributed by atoms with Gasteiger partial charge in [0.1, 0.15) is 11.2 Å². The summed E-state index contributed by atoms with van der Waals surface area (Å²) in [5, 5.41) is 0. The zero-order chi connectivity index (χ0) is 39.8. The molecule has 0 unspecified atom stereocenters. The van der Waals surface area contributed by atoms with Gasteiger partial charge < -0.3 is 28.9 Å². The quantitative estimate of drug-likeness (QED) is 0.0697. The van der Waals surface area contributed by atoms with E-state index >= 15 is 0 Å². The fourth-order valence-electron chi connectivity index (χ4n) is 11.1. The van der Waals surface area contributed by atoms with Crippen LogP contribution in [0.25, 0.3) is 0 Å². The molecule has 10 nitrogen and oxygen atoms in total. The van der Waals surface area contributed by atoms with E-state index in [9.17, 15) is 9.59 Å². The Morgan fingerprint density at radius 2 is 1.00 bits per heavy atom. The van der Waals surface area contributed by atoms with Gasteiger partial charge in [0.25, 0.3) is 0 Å². The minimum atomic E-state index is -0.845. The molecule has 2 aromatic carbocycles. The average molecular weight is 775 g/mol. The molecule has 310 valence electrons. The Kier molecular flexibility index (Phi) is 14.4. The number of carbonyl (C=O) groups excluding carboxylic acids is 2. The van der Waals surface area contributed by atoms with Crippen molar-refractivity contribution in [2.45, 2.75) is 114 Å². The topological polar surface area (TPSA) is 102 Å². The standard InChI is InChI=1S/C46H70N4O6/c1-43-23-19-37(35-15-9-7-10-16-35)31-45(43,25-21-39(43)33-47-53-29-13-27-49(3)4)55-41(51)42(52)56-46-26-22-40(34-48-54-30-14-28-50(5)6)44(46,2)24-20-38(32-46)36-17-11-8-12-18-36/h7-12,15-18,37-40,47-48H,13-14,19-34H2,1-6H3/t37-,38-,39+,40+,43+,44+,45-,46-/m0/s1. The Bertz CT molecular complexity index is 1450. The lowest BCUT2D eigenvalue weighted by atomic mass is 9.59. The molecule has 0 amide bonds. The molecule has 0 radical (unpaired) electrons. The maximum atomic E-state index is 14.4. The summed E-state index contributed by atoms with van der Waals surface area (Å²) in [5.74, 6) is -0.746. The Morgan fingerprint density at radius 3 is 1.38 bits per heavy atom. The Labute approximate surface area is 336 Å². The number of rotatable bonds is 18. The van der Waals surface area contributed by atoms with E-state index in [0.717, 1.165) is 64.5 Å². The van der Waals surface area contributed by atoms with E-state index in [4.69, 9.17) is 19.1 Å². The first-order chi connectivity index (χ1) is 26.9. The van der Waals surface area contributed by atoms with E-state index in [1.165, 1.54) is 11.1 Å². The first-order valence-corrected chi connectivity index (χ1v) is 21.5. The highest BCUT2D eigenvalue weighted by molar-refractivity contribution is 6.30. The molecule has 4 fully saturated rings. The van der Waals surface area contributed by atoms with Crippen LogP contribution in [0.1, 0.15) is 114 Å². The van der Waals surface area contributed by atoms with Crippen LogP contribution < -0.4 is 11.0 Å². The van der Waals surface area contributed by atoms with Gasteiger partial charge in [-0.2, -0.15) is 0 Å². The van der Waals surface area contributed by atoms with Gasteiger partial charge in [0.15, 0.2) is 0 Å². The van der Waals surface area contributed by atoms with Gasteiger partial charge in [-0.3, -0.25) is 0 Å². The summed E-state index contributed by atoms with van der Waals surface area (Å²) in [7, 11) is 8.27. The molecule has 0 heterocycles. The molecule has 4 saturated carbocycles. The number of benzene rings is 2. The SMILES string of the molecule is CN(C)CCCONC[C@H]1CC[C@]2(OC(=O)C(=O)O[C@]34CC[C@H](CNOCCCN(C)C)[C@@]3(C)CC[C@H](c3ccccc3)C4)C[C@@H](c3ccccc3)CC[C@]12C. The van der Waals surface area contributed by atoms with Crippen molar-refractivity contribution in [3.05, 3.63) is 71.8 Å². The van der Waals surface area contributed by atoms with Crippen LogP contribution in [0, 0.1) is 22.7 Å². The number of nitrogens with zero attached hydrogens (tertiary/aromatic N) is 2. The highest BCUT2D eigenvalue weighted by atomic mass is 16.6. The molecule has 6 rings (SSSR count). The number of fused-ring (bicyclic) bond motifs is 2. The third-order valence-corrected chi connectivity index (χ3v) is 14.7. The second-order valence-corrected chi connectivity index (χ2v) is 18.5. The molecular formula is C46H70N4O6. The van der Waals surface area contributed by atoms with Crippen molar-refractivity contribution < 1.29 is 28.7 Å². The monoisotopic (exact) mass is 775 g/mol. The number of esters is 2. The van der Waals surface area contributed by atoms with Crippen LogP contribution >= 0.6 is 0 Å². The number of carbonyl (C=O) groups is 2. The van der Waals surface area contributed by atoms with Gasteiger partial charge >= 0.3 is 11.9 Å². The number of hydrogen-bond donors (Lipinski definition) is 2. The molecule has 56 heavy (non-hydrogen) atoms. The van der Waals surface area contributed by atoms with E-state index in [-0.39, 0.29) is 34.5 Å². The highest BCUT2D eigenvalue weighted by Gasteiger charge is 2.65. The first-order valence-electron chi connectivity index (χ1n) is 21.5. The predicted molar refractivity (Wildman–Crippen MR) is 220 cm³/mol. The van der Waals surface area contributed by atoms with Crippen molar-refractivity contribution in [2.75, 3.05) is 67.6 Å². The molecule has 4 aliphatic rings. The minimum Gasteiger partial charge on any atom is -0.450 e. The van der Waals surface area contributed by atoms with Crippen molar-refractivity contribution in [2.24, 2.45) is 22.7 Å². The smallest absolute Gasteiger partial charge is 0.418 e. The van der Waals surface area contributed by atoms with Gasteiger partial charge in [0.05, 0.1) is 13.2 Å². The number of ether oxygens (including phenoxy) is 2. The normalized spacial score (nSPS) is 32.6. The molecule has 8 atom stereocenters. The summed E-state index contributed by atoms with van der Waals surface area (Å²) in [6.07, 6.45) is 10.3. The second-order valence-electron chi connectivity index (χ2n) is 18.5. The zero-order valence-electron chi connectivity index (χ0n) is 35.2. The lowest BCUT2D eigenvalue weighted by Crippen LogP contribution is -2.56. The Hall–Kier alpha value is -2.86. The fourth-order valence-corrected chi connectivity index (χ4v) is 11.1.